The Labute approximate surface area is 146 Å². The minimum atomic E-state index is -3.80. The lowest BCUT2D eigenvalue weighted by Crippen LogP contribution is -2.33. The summed E-state index contributed by atoms with van der Waals surface area (Å²) in [4.78, 5) is 13.5. The van der Waals surface area contributed by atoms with E-state index >= 15 is 0 Å². The highest BCUT2D eigenvalue weighted by Gasteiger charge is 2.23. The van der Waals surface area contributed by atoms with Gasteiger partial charge in [-0.05, 0) is 67.3 Å². The van der Waals surface area contributed by atoms with Gasteiger partial charge < -0.3 is 4.90 Å². The average molecular weight is 362 g/mol. The SMILES string of the molecule is CC(=O)N1CCCc2cc(S(=O)(=O)Nc3ccc(F)cc3C)ccc21. The third kappa shape index (κ3) is 3.51. The molecule has 0 spiro atoms. The van der Waals surface area contributed by atoms with Crippen molar-refractivity contribution < 1.29 is 17.6 Å². The van der Waals surface area contributed by atoms with Crippen molar-refractivity contribution in [3.63, 3.8) is 0 Å². The molecule has 3 rings (SSSR count). The average Bonchev–Trinajstić information content (AvgIpc) is 2.56. The van der Waals surface area contributed by atoms with Crippen molar-refractivity contribution in [1.82, 2.24) is 0 Å². The first kappa shape index (κ1) is 17.4. The lowest BCUT2D eigenvalue weighted by Gasteiger charge is -2.28. The number of hydrogen-bond donors (Lipinski definition) is 1. The van der Waals surface area contributed by atoms with E-state index in [1.807, 2.05) is 0 Å². The fraction of sp³-hybridized carbons (Fsp3) is 0.278. The number of sulfonamides is 1. The Balaban J connectivity index is 1.94. The second-order valence-corrected chi connectivity index (χ2v) is 7.81. The first-order chi connectivity index (χ1) is 11.8. The van der Waals surface area contributed by atoms with Crippen LogP contribution in [0, 0.1) is 12.7 Å². The standard InChI is InChI=1S/C18H19FN2O3S/c1-12-10-15(19)5-7-17(12)20-25(23,24)16-6-8-18-14(11-16)4-3-9-21(18)13(2)22/h5-8,10-11,20H,3-4,9H2,1-2H3. The molecule has 0 saturated heterocycles. The maximum absolute atomic E-state index is 13.2. The van der Waals surface area contributed by atoms with E-state index in [-0.39, 0.29) is 10.8 Å². The number of carbonyl (C=O) groups is 1. The number of hydrogen-bond acceptors (Lipinski definition) is 3. The van der Waals surface area contributed by atoms with Crippen LogP contribution in [-0.4, -0.2) is 20.9 Å². The molecule has 2 aromatic rings. The van der Waals surface area contributed by atoms with Crippen molar-refractivity contribution in [2.24, 2.45) is 0 Å². The second kappa shape index (κ2) is 6.48. The van der Waals surface area contributed by atoms with Gasteiger partial charge in [-0.2, -0.15) is 0 Å². The summed E-state index contributed by atoms with van der Waals surface area (Å²) < 4.78 is 41.0. The molecule has 0 unspecified atom stereocenters. The number of amides is 1. The highest BCUT2D eigenvalue weighted by atomic mass is 32.2. The number of nitrogens with one attached hydrogen (secondary N) is 1. The molecule has 132 valence electrons. The Morgan fingerprint density at radius 1 is 1.20 bits per heavy atom. The zero-order valence-electron chi connectivity index (χ0n) is 14.0. The van der Waals surface area contributed by atoms with Crippen LogP contribution in [0.4, 0.5) is 15.8 Å². The molecule has 2 aromatic carbocycles. The third-order valence-electron chi connectivity index (χ3n) is 4.29. The van der Waals surface area contributed by atoms with Gasteiger partial charge in [0.15, 0.2) is 0 Å². The molecule has 0 fully saturated rings. The van der Waals surface area contributed by atoms with Crippen molar-refractivity contribution >= 4 is 27.3 Å². The second-order valence-electron chi connectivity index (χ2n) is 6.13. The van der Waals surface area contributed by atoms with E-state index < -0.39 is 15.8 Å². The van der Waals surface area contributed by atoms with Gasteiger partial charge in [-0.15, -0.1) is 0 Å². The van der Waals surface area contributed by atoms with Gasteiger partial charge in [0.1, 0.15) is 5.82 Å². The van der Waals surface area contributed by atoms with E-state index in [4.69, 9.17) is 0 Å². The van der Waals surface area contributed by atoms with Gasteiger partial charge >= 0.3 is 0 Å². The monoisotopic (exact) mass is 362 g/mol. The van der Waals surface area contributed by atoms with Crippen molar-refractivity contribution in [3.05, 3.63) is 53.3 Å². The molecular weight excluding hydrogens is 343 g/mol. The Morgan fingerprint density at radius 2 is 1.96 bits per heavy atom. The molecule has 5 nitrogen and oxygen atoms in total. The van der Waals surface area contributed by atoms with E-state index in [9.17, 15) is 17.6 Å². The Bertz CT molecular complexity index is 941. The smallest absolute Gasteiger partial charge is 0.261 e. The highest BCUT2D eigenvalue weighted by Crippen LogP contribution is 2.30. The number of halogens is 1. The number of rotatable bonds is 3. The molecule has 0 aromatic heterocycles. The molecular formula is C18H19FN2O3S. The number of fused-ring (bicyclic) bond motifs is 1. The maximum Gasteiger partial charge on any atom is 0.261 e. The summed E-state index contributed by atoms with van der Waals surface area (Å²) in [6.07, 6.45) is 1.51. The molecule has 0 atom stereocenters. The molecule has 1 heterocycles. The molecule has 1 aliphatic rings. The molecule has 0 aliphatic carbocycles. The summed E-state index contributed by atoms with van der Waals surface area (Å²) >= 11 is 0. The van der Waals surface area contributed by atoms with Gasteiger partial charge in [0, 0.05) is 19.2 Å². The van der Waals surface area contributed by atoms with E-state index in [2.05, 4.69) is 4.72 Å². The summed E-state index contributed by atoms with van der Waals surface area (Å²) in [5.74, 6) is -0.477. The Kier molecular flexibility index (Phi) is 4.51. The largest absolute Gasteiger partial charge is 0.312 e. The number of carbonyl (C=O) groups excluding carboxylic acids is 1. The van der Waals surface area contributed by atoms with Crippen LogP contribution in [-0.2, 0) is 21.2 Å². The molecule has 1 amide bonds. The van der Waals surface area contributed by atoms with Crippen LogP contribution in [0.1, 0.15) is 24.5 Å². The van der Waals surface area contributed by atoms with E-state index in [1.165, 1.54) is 31.2 Å². The lowest BCUT2D eigenvalue weighted by atomic mass is 10.0. The van der Waals surface area contributed by atoms with Gasteiger partial charge in [-0.3, -0.25) is 9.52 Å². The normalized spacial score (nSPS) is 14.1. The number of aryl methyl sites for hydroxylation is 2. The van der Waals surface area contributed by atoms with Crippen LogP contribution in [0.25, 0.3) is 0 Å². The molecule has 0 saturated carbocycles. The lowest BCUT2D eigenvalue weighted by molar-refractivity contribution is -0.116. The topological polar surface area (TPSA) is 66.5 Å². The first-order valence-electron chi connectivity index (χ1n) is 7.98. The minimum absolute atomic E-state index is 0.0587. The quantitative estimate of drug-likeness (QED) is 0.912. The van der Waals surface area contributed by atoms with Crippen LogP contribution in [0.3, 0.4) is 0 Å². The van der Waals surface area contributed by atoms with E-state index in [0.717, 1.165) is 24.1 Å². The van der Waals surface area contributed by atoms with Crippen molar-refractivity contribution in [2.75, 3.05) is 16.2 Å². The summed E-state index contributed by atoms with van der Waals surface area (Å²) in [7, 11) is -3.80. The molecule has 1 aliphatic heterocycles. The van der Waals surface area contributed by atoms with Gasteiger partial charge in [0.25, 0.3) is 10.0 Å². The fourth-order valence-electron chi connectivity index (χ4n) is 3.01. The van der Waals surface area contributed by atoms with Gasteiger partial charge in [0.05, 0.1) is 10.6 Å². The number of benzene rings is 2. The molecule has 0 radical (unpaired) electrons. The van der Waals surface area contributed by atoms with Crippen LogP contribution in [0.2, 0.25) is 0 Å². The van der Waals surface area contributed by atoms with Crippen LogP contribution >= 0.6 is 0 Å². The summed E-state index contributed by atoms with van der Waals surface area (Å²) in [5, 5.41) is 0. The Morgan fingerprint density at radius 3 is 2.64 bits per heavy atom. The van der Waals surface area contributed by atoms with E-state index in [0.29, 0.717) is 17.8 Å². The molecule has 0 bridgehead atoms. The van der Waals surface area contributed by atoms with Crippen LogP contribution < -0.4 is 9.62 Å². The zero-order chi connectivity index (χ0) is 18.2. The fourth-order valence-corrected chi connectivity index (χ4v) is 4.19. The number of anilines is 2. The van der Waals surface area contributed by atoms with Gasteiger partial charge in [-0.25, -0.2) is 12.8 Å². The summed E-state index contributed by atoms with van der Waals surface area (Å²) in [6.45, 7) is 3.78. The van der Waals surface area contributed by atoms with E-state index in [1.54, 1.807) is 24.0 Å². The number of nitrogens with zero attached hydrogens (tertiary/aromatic N) is 1. The van der Waals surface area contributed by atoms with Gasteiger partial charge in [-0.1, -0.05) is 0 Å². The third-order valence-corrected chi connectivity index (χ3v) is 5.66. The molecule has 7 heteroatoms. The molecule has 25 heavy (non-hydrogen) atoms. The zero-order valence-corrected chi connectivity index (χ0v) is 14.9. The van der Waals surface area contributed by atoms with Crippen LogP contribution in [0.15, 0.2) is 41.3 Å². The first-order valence-corrected chi connectivity index (χ1v) is 9.46. The summed E-state index contributed by atoms with van der Waals surface area (Å²) in [6, 6.07) is 8.64. The highest BCUT2D eigenvalue weighted by molar-refractivity contribution is 7.92. The molecule has 1 N–H and O–H groups in total. The Hall–Kier alpha value is -2.41. The van der Waals surface area contributed by atoms with Crippen molar-refractivity contribution in [1.29, 1.82) is 0 Å². The minimum Gasteiger partial charge on any atom is -0.312 e. The summed E-state index contributed by atoms with van der Waals surface area (Å²) in [5.41, 5.74) is 2.43. The predicted octanol–water partition coefficient (Wildman–Crippen LogP) is 3.23. The van der Waals surface area contributed by atoms with Crippen molar-refractivity contribution in [2.45, 2.75) is 31.6 Å². The van der Waals surface area contributed by atoms with Gasteiger partial charge in [0.2, 0.25) is 5.91 Å². The maximum atomic E-state index is 13.2. The van der Waals surface area contributed by atoms with Crippen molar-refractivity contribution in [3.8, 4) is 0 Å². The van der Waals surface area contributed by atoms with Crippen LogP contribution in [0.5, 0.6) is 0 Å². The predicted molar refractivity (Wildman–Crippen MR) is 94.7 cm³/mol.